The highest BCUT2D eigenvalue weighted by Crippen LogP contribution is 2.52. The van der Waals surface area contributed by atoms with E-state index >= 15 is 0 Å². The summed E-state index contributed by atoms with van der Waals surface area (Å²) in [5, 5.41) is 7.29. The molecule has 27 heavy (non-hydrogen) atoms. The zero-order valence-electron chi connectivity index (χ0n) is 16.9. The Balaban J connectivity index is 1.30. The molecule has 2 saturated heterocycles. The van der Waals surface area contributed by atoms with E-state index in [1.165, 1.54) is 24.9 Å². The number of ether oxygens (including phenoxy) is 1. The van der Waals surface area contributed by atoms with Crippen LogP contribution in [0.2, 0.25) is 0 Å². The molecule has 2 heterocycles. The predicted molar refractivity (Wildman–Crippen MR) is 110 cm³/mol. The predicted octanol–water partition coefficient (Wildman–Crippen LogP) is 2.63. The molecule has 1 aromatic carbocycles. The zero-order chi connectivity index (χ0) is 18.9. The van der Waals surface area contributed by atoms with Gasteiger partial charge in [-0.1, -0.05) is 44.2 Å². The highest BCUT2D eigenvalue weighted by Gasteiger charge is 2.59. The lowest BCUT2D eigenvalue weighted by atomic mass is 9.57. The number of rotatable bonds is 5. The molecule has 1 aromatic rings. The molecular weight excluding hydrogens is 336 g/mol. The lowest BCUT2D eigenvalue weighted by Crippen LogP contribution is -2.68. The van der Waals surface area contributed by atoms with Crippen LogP contribution in [0.3, 0.4) is 0 Å². The molecule has 1 aliphatic carbocycles. The minimum absolute atomic E-state index is 0.172. The monoisotopic (exact) mass is 370 g/mol. The van der Waals surface area contributed by atoms with Gasteiger partial charge in [0.25, 0.3) is 0 Å². The van der Waals surface area contributed by atoms with Crippen molar-refractivity contribution >= 4 is 5.96 Å². The van der Waals surface area contributed by atoms with Crippen molar-refractivity contribution in [3.63, 3.8) is 0 Å². The number of likely N-dealkylation sites (tertiary alicyclic amines) is 1. The van der Waals surface area contributed by atoms with Gasteiger partial charge in [-0.15, -0.1) is 0 Å². The van der Waals surface area contributed by atoms with Crippen molar-refractivity contribution in [3.05, 3.63) is 35.9 Å². The molecule has 2 N–H and O–H groups in total. The Morgan fingerprint density at radius 2 is 2.07 bits per heavy atom. The summed E-state index contributed by atoms with van der Waals surface area (Å²) in [6.45, 7) is 8.69. The number of nitrogens with zero attached hydrogens (tertiary/aromatic N) is 2. The quantitative estimate of drug-likeness (QED) is 0.618. The fraction of sp³-hybridized carbons (Fsp3) is 0.682. The second-order valence-electron chi connectivity index (χ2n) is 8.89. The molecule has 0 aromatic heterocycles. The van der Waals surface area contributed by atoms with E-state index in [0.717, 1.165) is 32.1 Å². The maximum Gasteiger partial charge on any atom is 0.191 e. The van der Waals surface area contributed by atoms with Crippen LogP contribution in [0.15, 0.2) is 35.3 Å². The first-order valence-electron chi connectivity index (χ1n) is 10.5. The molecule has 0 bridgehead atoms. The van der Waals surface area contributed by atoms with E-state index in [0.29, 0.717) is 24.1 Å². The van der Waals surface area contributed by atoms with Crippen molar-refractivity contribution in [2.75, 3.05) is 26.7 Å². The Kier molecular flexibility index (Phi) is 5.42. The molecular formula is C22H34N4O. The number of guanidine groups is 1. The van der Waals surface area contributed by atoms with E-state index in [2.05, 4.69) is 64.7 Å². The Hall–Kier alpha value is -1.59. The summed E-state index contributed by atoms with van der Waals surface area (Å²) in [7, 11) is 1.88. The third-order valence-electron chi connectivity index (χ3n) is 6.85. The molecule has 4 rings (SSSR count). The first kappa shape index (κ1) is 18.8. The van der Waals surface area contributed by atoms with Gasteiger partial charge >= 0.3 is 0 Å². The minimum atomic E-state index is 0.172. The third-order valence-corrected chi connectivity index (χ3v) is 6.85. The van der Waals surface area contributed by atoms with Crippen molar-refractivity contribution in [2.24, 2.45) is 16.3 Å². The topological polar surface area (TPSA) is 48.9 Å². The Morgan fingerprint density at radius 3 is 2.85 bits per heavy atom. The summed E-state index contributed by atoms with van der Waals surface area (Å²) < 4.78 is 5.92. The van der Waals surface area contributed by atoms with Crippen LogP contribution in [0.1, 0.15) is 38.7 Å². The van der Waals surface area contributed by atoms with Crippen LogP contribution >= 0.6 is 0 Å². The lowest BCUT2D eigenvalue weighted by molar-refractivity contribution is -0.106. The largest absolute Gasteiger partial charge is 0.377 e. The molecule has 1 saturated carbocycles. The zero-order valence-corrected chi connectivity index (χ0v) is 16.9. The second-order valence-corrected chi connectivity index (χ2v) is 8.89. The van der Waals surface area contributed by atoms with Crippen LogP contribution in [-0.2, 0) is 11.3 Å². The first-order valence-corrected chi connectivity index (χ1v) is 10.5. The van der Waals surface area contributed by atoms with E-state index in [1.54, 1.807) is 0 Å². The fourth-order valence-electron chi connectivity index (χ4n) is 5.33. The molecule has 4 unspecified atom stereocenters. The van der Waals surface area contributed by atoms with E-state index < -0.39 is 0 Å². The molecule has 0 radical (unpaired) electrons. The molecule has 5 heteroatoms. The van der Waals surface area contributed by atoms with Crippen LogP contribution in [0.4, 0.5) is 0 Å². The summed E-state index contributed by atoms with van der Waals surface area (Å²) in [4.78, 5) is 7.10. The number of hydrogen-bond acceptors (Lipinski definition) is 3. The number of aliphatic imine (C=N–C) groups is 1. The van der Waals surface area contributed by atoms with E-state index in [4.69, 9.17) is 4.74 Å². The molecule has 0 spiro atoms. The summed E-state index contributed by atoms with van der Waals surface area (Å²) >= 11 is 0. The van der Waals surface area contributed by atoms with Gasteiger partial charge in [-0.25, -0.2) is 0 Å². The first-order chi connectivity index (χ1) is 13.1. The fourth-order valence-corrected chi connectivity index (χ4v) is 5.33. The number of benzene rings is 1. The van der Waals surface area contributed by atoms with Gasteiger partial charge in [0.05, 0.1) is 6.10 Å². The van der Waals surface area contributed by atoms with Crippen LogP contribution in [0.5, 0.6) is 0 Å². The minimum Gasteiger partial charge on any atom is -0.377 e. The standard InChI is InChI=1S/C22H34N4O/c1-22(2)19(18-11-13-27-20(18)22)25-21(23-3)24-14-17-10-7-12-26(17)15-16-8-5-4-6-9-16/h4-6,8-9,17-20H,7,10-15H2,1-3H3,(H2,23,24,25). The van der Waals surface area contributed by atoms with Gasteiger partial charge in [-0.3, -0.25) is 9.89 Å². The lowest BCUT2D eigenvalue weighted by Gasteiger charge is -2.55. The van der Waals surface area contributed by atoms with Gasteiger partial charge in [0, 0.05) is 50.2 Å². The third kappa shape index (κ3) is 3.72. The Bertz CT molecular complexity index is 660. The van der Waals surface area contributed by atoms with Crippen molar-refractivity contribution in [2.45, 2.75) is 57.8 Å². The van der Waals surface area contributed by atoms with E-state index in [-0.39, 0.29) is 5.41 Å². The van der Waals surface area contributed by atoms with Gasteiger partial charge in [-0.2, -0.15) is 0 Å². The van der Waals surface area contributed by atoms with Crippen molar-refractivity contribution in [1.82, 2.24) is 15.5 Å². The second kappa shape index (κ2) is 7.80. The molecule has 148 valence electrons. The van der Waals surface area contributed by atoms with Crippen molar-refractivity contribution in [1.29, 1.82) is 0 Å². The maximum atomic E-state index is 5.92. The number of hydrogen-bond donors (Lipinski definition) is 2. The van der Waals surface area contributed by atoms with Crippen LogP contribution in [0.25, 0.3) is 0 Å². The summed E-state index contributed by atoms with van der Waals surface area (Å²) in [5.74, 6) is 1.56. The number of nitrogens with one attached hydrogen (secondary N) is 2. The normalized spacial score (nSPS) is 32.8. The van der Waals surface area contributed by atoms with E-state index in [1.807, 2.05) is 7.05 Å². The van der Waals surface area contributed by atoms with Crippen molar-refractivity contribution in [3.8, 4) is 0 Å². The average Bonchev–Trinajstić information content (AvgIpc) is 3.31. The van der Waals surface area contributed by atoms with Gasteiger partial charge < -0.3 is 15.4 Å². The van der Waals surface area contributed by atoms with Crippen LogP contribution in [-0.4, -0.2) is 55.8 Å². The van der Waals surface area contributed by atoms with Gasteiger partial charge in [0.15, 0.2) is 5.96 Å². The summed E-state index contributed by atoms with van der Waals surface area (Å²) in [6, 6.07) is 11.8. The highest BCUT2D eigenvalue weighted by atomic mass is 16.5. The van der Waals surface area contributed by atoms with Gasteiger partial charge in [0.1, 0.15) is 0 Å². The summed E-state index contributed by atoms with van der Waals surface area (Å²) in [5.41, 5.74) is 1.57. The number of fused-ring (bicyclic) bond motifs is 1. The van der Waals surface area contributed by atoms with Crippen molar-refractivity contribution < 1.29 is 4.74 Å². The maximum absolute atomic E-state index is 5.92. The van der Waals surface area contributed by atoms with E-state index in [9.17, 15) is 0 Å². The van der Waals surface area contributed by atoms with Gasteiger partial charge in [0.2, 0.25) is 0 Å². The summed E-state index contributed by atoms with van der Waals surface area (Å²) in [6.07, 6.45) is 4.10. The molecule has 4 atom stereocenters. The molecule has 3 aliphatic rings. The smallest absolute Gasteiger partial charge is 0.191 e. The van der Waals surface area contributed by atoms with Crippen LogP contribution < -0.4 is 10.6 Å². The average molecular weight is 371 g/mol. The van der Waals surface area contributed by atoms with Gasteiger partial charge in [-0.05, 0) is 31.4 Å². The molecule has 0 amide bonds. The molecule has 5 nitrogen and oxygen atoms in total. The molecule has 2 aliphatic heterocycles. The molecule has 3 fully saturated rings. The SMILES string of the molecule is CN=C(NCC1CCCN1Cc1ccccc1)NC1C2CCOC2C1(C)C. The van der Waals surface area contributed by atoms with Crippen LogP contribution in [0, 0.1) is 11.3 Å². The Morgan fingerprint density at radius 1 is 1.26 bits per heavy atom. The highest BCUT2D eigenvalue weighted by molar-refractivity contribution is 5.80. The Labute approximate surface area is 163 Å².